The van der Waals surface area contributed by atoms with Gasteiger partial charge in [0.05, 0.1) is 0 Å². The molecule has 1 nitrogen and oxygen atoms in total. The number of benzene rings is 2. The van der Waals surface area contributed by atoms with Crippen molar-refractivity contribution < 1.29 is 5.11 Å². The van der Waals surface area contributed by atoms with Crippen molar-refractivity contribution in [1.29, 1.82) is 0 Å². The number of thioether (sulfide) groups is 1. The second kappa shape index (κ2) is 4.69. The minimum absolute atomic E-state index is 0.411. The fourth-order valence-corrected chi connectivity index (χ4v) is 4.00. The van der Waals surface area contributed by atoms with Gasteiger partial charge in [0.25, 0.3) is 0 Å². The smallest absolute Gasteiger partial charge is 0.120 e. The SMILES string of the molecule is CC1Sc2cccc(O)c2C1Cc1ccccc1. The first-order valence-electron chi connectivity index (χ1n) is 6.28. The fourth-order valence-electron chi connectivity index (χ4n) is 2.66. The molecule has 2 unspecified atom stereocenters. The van der Waals surface area contributed by atoms with Crippen LogP contribution in [-0.4, -0.2) is 10.4 Å². The van der Waals surface area contributed by atoms with Crippen molar-refractivity contribution in [3.8, 4) is 5.75 Å². The van der Waals surface area contributed by atoms with Crippen LogP contribution in [0.15, 0.2) is 53.4 Å². The molecule has 3 rings (SSSR count). The molecular weight excluding hydrogens is 240 g/mol. The molecule has 0 aromatic heterocycles. The average molecular weight is 256 g/mol. The van der Waals surface area contributed by atoms with E-state index in [1.54, 1.807) is 6.07 Å². The topological polar surface area (TPSA) is 20.2 Å². The van der Waals surface area contributed by atoms with Gasteiger partial charge in [-0.2, -0.15) is 0 Å². The van der Waals surface area contributed by atoms with Gasteiger partial charge in [0.15, 0.2) is 0 Å². The highest BCUT2D eigenvalue weighted by Gasteiger charge is 2.32. The highest BCUT2D eigenvalue weighted by molar-refractivity contribution is 8.00. The molecule has 18 heavy (non-hydrogen) atoms. The number of fused-ring (bicyclic) bond motifs is 1. The number of phenolic OH excluding ortho intramolecular Hbond substituents is 1. The Kier molecular flexibility index (Phi) is 3.04. The van der Waals surface area contributed by atoms with E-state index in [1.807, 2.05) is 23.9 Å². The first-order valence-corrected chi connectivity index (χ1v) is 7.16. The van der Waals surface area contributed by atoms with Gasteiger partial charge in [0.1, 0.15) is 5.75 Å². The van der Waals surface area contributed by atoms with Crippen LogP contribution < -0.4 is 0 Å². The summed E-state index contributed by atoms with van der Waals surface area (Å²) in [5.41, 5.74) is 2.48. The molecule has 0 bridgehead atoms. The average Bonchev–Trinajstić information content (AvgIpc) is 2.69. The molecule has 1 heterocycles. The van der Waals surface area contributed by atoms with Crippen LogP contribution in [0.4, 0.5) is 0 Å². The van der Waals surface area contributed by atoms with Crippen molar-refractivity contribution in [2.24, 2.45) is 0 Å². The Morgan fingerprint density at radius 3 is 2.61 bits per heavy atom. The van der Waals surface area contributed by atoms with Gasteiger partial charge in [-0.1, -0.05) is 43.3 Å². The molecule has 1 N–H and O–H groups in total. The summed E-state index contributed by atoms with van der Waals surface area (Å²) in [4.78, 5) is 1.24. The predicted octanol–water partition coefficient (Wildman–Crippen LogP) is 4.21. The zero-order chi connectivity index (χ0) is 12.5. The number of phenols is 1. The van der Waals surface area contributed by atoms with E-state index in [2.05, 4.69) is 37.3 Å². The maximum atomic E-state index is 10.1. The Labute approximate surface area is 112 Å². The van der Waals surface area contributed by atoms with Crippen molar-refractivity contribution in [2.75, 3.05) is 0 Å². The summed E-state index contributed by atoms with van der Waals surface area (Å²) in [5.74, 6) is 0.860. The molecule has 0 radical (unpaired) electrons. The second-order valence-corrected chi connectivity index (χ2v) is 6.23. The number of hydrogen-bond acceptors (Lipinski definition) is 2. The predicted molar refractivity (Wildman–Crippen MR) is 76.3 cm³/mol. The first kappa shape index (κ1) is 11.7. The first-order chi connectivity index (χ1) is 8.75. The van der Waals surface area contributed by atoms with Crippen molar-refractivity contribution in [3.63, 3.8) is 0 Å². The van der Waals surface area contributed by atoms with Gasteiger partial charge in [0, 0.05) is 21.6 Å². The van der Waals surface area contributed by atoms with E-state index in [-0.39, 0.29) is 0 Å². The molecule has 0 saturated carbocycles. The summed E-state index contributed by atoms with van der Waals surface area (Å²) in [6.45, 7) is 2.25. The summed E-state index contributed by atoms with van der Waals surface area (Å²) in [6, 6.07) is 16.4. The lowest BCUT2D eigenvalue weighted by Gasteiger charge is -2.16. The lowest BCUT2D eigenvalue weighted by Crippen LogP contribution is -2.09. The largest absolute Gasteiger partial charge is 0.508 e. The Morgan fingerprint density at radius 2 is 1.83 bits per heavy atom. The summed E-state index contributed by atoms with van der Waals surface area (Å²) in [6.07, 6.45) is 1.000. The van der Waals surface area contributed by atoms with Crippen LogP contribution in [0.5, 0.6) is 5.75 Å². The van der Waals surface area contributed by atoms with Crippen LogP contribution in [0.3, 0.4) is 0 Å². The van der Waals surface area contributed by atoms with Gasteiger partial charge in [0.2, 0.25) is 0 Å². The Morgan fingerprint density at radius 1 is 1.06 bits per heavy atom. The van der Waals surface area contributed by atoms with Crippen LogP contribution in [0.25, 0.3) is 0 Å². The number of hydrogen-bond donors (Lipinski definition) is 1. The van der Waals surface area contributed by atoms with Crippen LogP contribution in [0.1, 0.15) is 24.0 Å². The van der Waals surface area contributed by atoms with Gasteiger partial charge in [-0.3, -0.25) is 0 Å². The van der Waals surface area contributed by atoms with Gasteiger partial charge in [-0.25, -0.2) is 0 Å². The van der Waals surface area contributed by atoms with Crippen LogP contribution >= 0.6 is 11.8 Å². The molecule has 0 aliphatic carbocycles. The monoisotopic (exact) mass is 256 g/mol. The molecule has 92 valence electrons. The summed E-state index contributed by atoms with van der Waals surface area (Å²) >= 11 is 1.87. The molecule has 2 aromatic rings. The van der Waals surface area contributed by atoms with E-state index in [0.717, 1.165) is 12.0 Å². The Hall–Kier alpha value is -1.41. The van der Waals surface area contributed by atoms with E-state index >= 15 is 0 Å². The van der Waals surface area contributed by atoms with Crippen molar-refractivity contribution in [1.82, 2.24) is 0 Å². The zero-order valence-electron chi connectivity index (χ0n) is 10.3. The second-order valence-electron chi connectivity index (χ2n) is 4.81. The molecule has 0 amide bonds. The maximum Gasteiger partial charge on any atom is 0.120 e. The van der Waals surface area contributed by atoms with Gasteiger partial charge < -0.3 is 5.11 Å². The molecular formula is C16H16OS. The maximum absolute atomic E-state index is 10.1. The molecule has 2 aromatic carbocycles. The van der Waals surface area contributed by atoms with Gasteiger partial charge in [-0.05, 0) is 24.1 Å². The minimum atomic E-state index is 0.411. The highest BCUT2D eigenvalue weighted by Crippen LogP contribution is 2.49. The van der Waals surface area contributed by atoms with Crippen LogP contribution in [0, 0.1) is 0 Å². The van der Waals surface area contributed by atoms with E-state index in [1.165, 1.54) is 10.5 Å². The van der Waals surface area contributed by atoms with Crippen molar-refractivity contribution in [2.45, 2.75) is 29.4 Å². The van der Waals surface area contributed by atoms with Crippen molar-refractivity contribution in [3.05, 3.63) is 59.7 Å². The summed E-state index contributed by atoms with van der Waals surface area (Å²) in [7, 11) is 0. The van der Waals surface area contributed by atoms with Crippen LogP contribution in [0.2, 0.25) is 0 Å². The van der Waals surface area contributed by atoms with Crippen molar-refractivity contribution >= 4 is 11.8 Å². The highest BCUT2D eigenvalue weighted by atomic mass is 32.2. The normalized spacial score (nSPS) is 21.8. The van der Waals surface area contributed by atoms with Gasteiger partial charge >= 0.3 is 0 Å². The van der Waals surface area contributed by atoms with Crippen LogP contribution in [-0.2, 0) is 6.42 Å². The molecule has 0 saturated heterocycles. The number of rotatable bonds is 2. The molecule has 0 fully saturated rings. The standard InChI is InChI=1S/C16H16OS/c1-11-13(10-12-6-3-2-4-7-12)16-14(17)8-5-9-15(16)18-11/h2-9,11,13,17H,10H2,1H3. The summed E-state index contributed by atoms with van der Waals surface area (Å²) < 4.78 is 0. The zero-order valence-corrected chi connectivity index (χ0v) is 11.2. The Bertz CT molecular complexity index is 550. The molecule has 0 spiro atoms. The third-order valence-electron chi connectivity index (χ3n) is 3.59. The van der Waals surface area contributed by atoms with Gasteiger partial charge in [-0.15, -0.1) is 11.8 Å². The lowest BCUT2D eigenvalue weighted by atomic mass is 9.89. The molecule has 1 aliphatic rings. The number of aromatic hydroxyl groups is 1. The van der Waals surface area contributed by atoms with E-state index in [0.29, 0.717) is 16.9 Å². The quantitative estimate of drug-likeness (QED) is 0.868. The molecule has 1 aliphatic heterocycles. The third-order valence-corrected chi connectivity index (χ3v) is 4.90. The minimum Gasteiger partial charge on any atom is -0.508 e. The fraction of sp³-hybridized carbons (Fsp3) is 0.250. The van der Waals surface area contributed by atoms with E-state index in [9.17, 15) is 5.11 Å². The van der Waals surface area contributed by atoms with E-state index < -0.39 is 0 Å². The molecule has 2 heteroatoms. The summed E-state index contributed by atoms with van der Waals surface area (Å²) in [5, 5.41) is 10.6. The molecule has 2 atom stereocenters. The third kappa shape index (κ3) is 2.01. The Balaban J connectivity index is 1.95. The van der Waals surface area contributed by atoms with E-state index in [4.69, 9.17) is 0 Å². The lowest BCUT2D eigenvalue weighted by molar-refractivity contribution is 0.458.